The Morgan fingerprint density at radius 1 is 1.24 bits per heavy atom. The van der Waals surface area contributed by atoms with Gasteiger partial charge in [-0.15, -0.1) is 0 Å². The number of sulfonamides is 1. The Morgan fingerprint density at radius 2 is 1.95 bits per heavy atom. The quantitative estimate of drug-likeness (QED) is 0.897. The highest BCUT2D eigenvalue weighted by molar-refractivity contribution is 7.89. The molecule has 4 nitrogen and oxygen atoms in total. The molecule has 0 aliphatic heterocycles. The highest BCUT2D eigenvalue weighted by Gasteiger charge is 2.32. The van der Waals surface area contributed by atoms with Crippen LogP contribution in [0.15, 0.2) is 23.1 Å². The fraction of sp³-hybridized carbons (Fsp3) is 0.625. The molecule has 21 heavy (non-hydrogen) atoms. The van der Waals surface area contributed by atoms with Crippen molar-refractivity contribution in [1.82, 2.24) is 4.72 Å². The summed E-state index contributed by atoms with van der Waals surface area (Å²) in [7, 11) is -1.97. The molecule has 118 valence electrons. The van der Waals surface area contributed by atoms with Gasteiger partial charge in [-0.2, -0.15) is 0 Å². The van der Waals surface area contributed by atoms with Crippen LogP contribution < -0.4 is 10.0 Å². The second-order valence-electron chi connectivity index (χ2n) is 6.62. The van der Waals surface area contributed by atoms with Crippen LogP contribution in [0, 0.1) is 12.3 Å². The van der Waals surface area contributed by atoms with Crippen molar-refractivity contribution < 1.29 is 8.42 Å². The number of hydrogen-bond donors (Lipinski definition) is 2. The van der Waals surface area contributed by atoms with Crippen molar-refractivity contribution in [1.29, 1.82) is 0 Å². The third-order valence-electron chi connectivity index (χ3n) is 4.59. The lowest BCUT2D eigenvalue weighted by molar-refractivity contribution is 0.217. The van der Waals surface area contributed by atoms with Gasteiger partial charge in [0.1, 0.15) is 0 Å². The Bertz CT molecular complexity index is 609. The molecule has 0 bridgehead atoms. The summed E-state index contributed by atoms with van der Waals surface area (Å²) in [6, 6.07) is 5.96. The van der Waals surface area contributed by atoms with Gasteiger partial charge in [0.05, 0.1) is 4.90 Å². The number of benzene rings is 1. The van der Waals surface area contributed by atoms with E-state index >= 15 is 0 Å². The number of anilines is 1. The normalized spacial score (nSPS) is 22.0. The van der Waals surface area contributed by atoms with E-state index in [1.165, 1.54) is 26.3 Å². The van der Waals surface area contributed by atoms with E-state index in [0.717, 1.165) is 17.7 Å². The van der Waals surface area contributed by atoms with Crippen LogP contribution in [0.2, 0.25) is 0 Å². The molecule has 0 amide bonds. The molecule has 1 aromatic rings. The lowest BCUT2D eigenvalue weighted by Crippen LogP contribution is -2.38. The van der Waals surface area contributed by atoms with Crippen LogP contribution in [0.25, 0.3) is 0 Å². The van der Waals surface area contributed by atoms with Gasteiger partial charge in [0.2, 0.25) is 10.0 Å². The van der Waals surface area contributed by atoms with Crippen molar-refractivity contribution in [3.8, 4) is 0 Å². The fourth-order valence-electron chi connectivity index (χ4n) is 3.05. The topological polar surface area (TPSA) is 58.2 Å². The van der Waals surface area contributed by atoms with Crippen molar-refractivity contribution in [3.63, 3.8) is 0 Å². The minimum Gasteiger partial charge on any atom is -0.382 e. The summed E-state index contributed by atoms with van der Waals surface area (Å²) in [6.07, 6.45) is 4.85. The molecule has 1 aromatic carbocycles. The van der Waals surface area contributed by atoms with E-state index in [-0.39, 0.29) is 5.41 Å². The summed E-state index contributed by atoms with van der Waals surface area (Å²) in [5, 5.41) is 3.54. The highest BCUT2D eigenvalue weighted by Crippen LogP contribution is 2.37. The van der Waals surface area contributed by atoms with Crippen LogP contribution in [0.5, 0.6) is 0 Å². The molecule has 5 heteroatoms. The molecular weight excluding hydrogens is 284 g/mol. The predicted molar refractivity (Wildman–Crippen MR) is 87.1 cm³/mol. The predicted octanol–water partition coefficient (Wildman–Crippen LogP) is 3.28. The van der Waals surface area contributed by atoms with Gasteiger partial charge >= 0.3 is 0 Å². The van der Waals surface area contributed by atoms with Crippen molar-refractivity contribution in [2.24, 2.45) is 5.41 Å². The van der Waals surface area contributed by atoms with E-state index in [1.54, 1.807) is 6.07 Å². The van der Waals surface area contributed by atoms with Crippen molar-refractivity contribution in [2.75, 3.05) is 12.4 Å². The molecule has 0 saturated heterocycles. The van der Waals surface area contributed by atoms with Crippen LogP contribution in [0.1, 0.15) is 45.1 Å². The van der Waals surface area contributed by atoms with Crippen molar-refractivity contribution in [2.45, 2.75) is 57.4 Å². The molecule has 1 aliphatic rings. The number of aryl methyl sites for hydroxylation is 1. The van der Waals surface area contributed by atoms with Crippen LogP contribution in [0.4, 0.5) is 5.69 Å². The molecule has 1 atom stereocenters. The van der Waals surface area contributed by atoms with Crippen molar-refractivity contribution in [3.05, 3.63) is 23.8 Å². The molecule has 2 N–H and O–H groups in total. The Hall–Kier alpha value is -1.07. The summed E-state index contributed by atoms with van der Waals surface area (Å²) in [5.74, 6) is 0. The number of nitrogens with one attached hydrogen (secondary N) is 2. The maximum Gasteiger partial charge on any atom is 0.240 e. The van der Waals surface area contributed by atoms with Gasteiger partial charge in [-0.3, -0.25) is 0 Å². The molecular formula is C16H26N2O2S. The number of hydrogen-bond acceptors (Lipinski definition) is 3. The van der Waals surface area contributed by atoms with Crippen LogP contribution in [-0.2, 0) is 10.0 Å². The molecule has 1 aliphatic carbocycles. The summed E-state index contributed by atoms with van der Waals surface area (Å²) in [5.41, 5.74) is 1.89. The Morgan fingerprint density at radius 3 is 2.57 bits per heavy atom. The van der Waals surface area contributed by atoms with Crippen LogP contribution >= 0.6 is 0 Å². The van der Waals surface area contributed by atoms with Gasteiger partial charge in [0.25, 0.3) is 0 Å². The maximum absolute atomic E-state index is 12.1. The average Bonchev–Trinajstić information content (AvgIpc) is 2.43. The third-order valence-corrected chi connectivity index (χ3v) is 6.15. The standard InChI is InChI=1S/C16H26N2O2S/c1-12-8-9-13(11-14(12)21(19,20)17-4)18-15-7-5-6-10-16(15,2)3/h8-9,11,15,17-18H,5-7,10H2,1-4H3. The minimum absolute atomic E-state index is 0.241. The molecule has 0 radical (unpaired) electrons. The molecule has 1 unspecified atom stereocenters. The summed E-state index contributed by atoms with van der Waals surface area (Å²) >= 11 is 0. The van der Waals surface area contributed by atoms with Gasteiger partial charge in [-0.05, 0) is 49.9 Å². The fourth-order valence-corrected chi connectivity index (χ4v) is 4.05. The summed E-state index contributed by atoms with van der Waals surface area (Å²) in [4.78, 5) is 0.351. The first-order chi connectivity index (χ1) is 9.76. The van der Waals surface area contributed by atoms with E-state index in [2.05, 4.69) is 23.9 Å². The Kier molecular flexibility index (Phi) is 4.63. The Balaban J connectivity index is 2.28. The zero-order valence-electron chi connectivity index (χ0n) is 13.4. The lowest BCUT2D eigenvalue weighted by Gasteiger charge is -2.39. The SMILES string of the molecule is CNS(=O)(=O)c1cc(NC2CCCCC2(C)C)ccc1C. The monoisotopic (exact) mass is 310 g/mol. The van der Waals surface area contributed by atoms with E-state index in [9.17, 15) is 8.42 Å². The van der Waals surface area contributed by atoms with Crippen molar-refractivity contribution >= 4 is 15.7 Å². The van der Waals surface area contributed by atoms with E-state index in [4.69, 9.17) is 0 Å². The maximum atomic E-state index is 12.1. The van der Waals surface area contributed by atoms with Gasteiger partial charge < -0.3 is 5.32 Å². The summed E-state index contributed by atoms with van der Waals surface area (Å²) < 4.78 is 26.5. The summed E-state index contributed by atoms with van der Waals surface area (Å²) in [6.45, 7) is 6.38. The van der Waals surface area contributed by atoms with E-state index < -0.39 is 10.0 Å². The first-order valence-corrected chi connectivity index (χ1v) is 9.05. The molecule has 0 heterocycles. The largest absolute Gasteiger partial charge is 0.382 e. The van der Waals surface area contributed by atoms with Crippen LogP contribution in [0.3, 0.4) is 0 Å². The smallest absolute Gasteiger partial charge is 0.240 e. The lowest BCUT2D eigenvalue weighted by atomic mass is 9.73. The minimum atomic E-state index is -3.41. The van der Waals surface area contributed by atoms with E-state index in [0.29, 0.717) is 10.9 Å². The van der Waals surface area contributed by atoms with E-state index in [1.807, 2.05) is 19.1 Å². The van der Waals surface area contributed by atoms with Gasteiger partial charge in [-0.25, -0.2) is 13.1 Å². The molecule has 0 spiro atoms. The molecule has 0 aromatic heterocycles. The second-order valence-corrected chi connectivity index (χ2v) is 8.47. The first-order valence-electron chi connectivity index (χ1n) is 7.57. The Labute approximate surface area is 128 Å². The zero-order chi connectivity index (χ0) is 15.7. The van der Waals surface area contributed by atoms with Gasteiger partial charge in [0.15, 0.2) is 0 Å². The van der Waals surface area contributed by atoms with Gasteiger partial charge in [0, 0.05) is 11.7 Å². The highest BCUT2D eigenvalue weighted by atomic mass is 32.2. The molecule has 1 fully saturated rings. The van der Waals surface area contributed by atoms with Crippen LogP contribution in [-0.4, -0.2) is 21.5 Å². The third kappa shape index (κ3) is 3.58. The van der Waals surface area contributed by atoms with Gasteiger partial charge in [-0.1, -0.05) is 32.8 Å². The number of rotatable bonds is 4. The molecule has 2 rings (SSSR count). The second kappa shape index (κ2) is 5.97. The average molecular weight is 310 g/mol. The zero-order valence-corrected chi connectivity index (χ0v) is 14.2. The first kappa shape index (κ1) is 16.3. The molecule has 1 saturated carbocycles.